The first-order valence-electron chi connectivity index (χ1n) is 5.31. The van der Waals surface area contributed by atoms with Crippen LogP contribution in [0.3, 0.4) is 0 Å². The summed E-state index contributed by atoms with van der Waals surface area (Å²) in [6, 6.07) is 0. The molecule has 0 aromatic carbocycles. The van der Waals surface area contributed by atoms with Gasteiger partial charge in [-0.1, -0.05) is 6.92 Å². The third-order valence-corrected chi connectivity index (χ3v) is 3.27. The summed E-state index contributed by atoms with van der Waals surface area (Å²) in [6.45, 7) is 9.08. The van der Waals surface area contributed by atoms with Gasteiger partial charge in [0.05, 0.1) is 5.60 Å². The monoisotopic (exact) mass is 185 g/mol. The molecule has 0 aromatic rings. The van der Waals surface area contributed by atoms with Crippen molar-refractivity contribution in [3.8, 4) is 0 Å². The number of nitrogens with one attached hydrogen (secondary N) is 1. The Labute approximate surface area is 82.0 Å². The van der Waals surface area contributed by atoms with Crippen molar-refractivity contribution in [2.45, 2.75) is 39.2 Å². The molecule has 1 aliphatic rings. The largest absolute Gasteiger partial charge is 0.379 e. The van der Waals surface area contributed by atoms with E-state index in [1.165, 1.54) is 19.5 Å². The lowest BCUT2D eigenvalue weighted by molar-refractivity contribution is -0.00195. The lowest BCUT2D eigenvalue weighted by Gasteiger charge is -2.29. The highest BCUT2D eigenvalue weighted by atomic mass is 16.5. The summed E-state index contributed by atoms with van der Waals surface area (Å²) in [7, 11) is 1.81. The van der Waals surface area contributed by atoms with Crippen LogP contribution < -0.4 is 5.32 Å². The van der Waals surface area contributed by atoms with Gasteiger partial charge in [-0.15, -0.1) is 0 Å². The second-order valence-electron chi connectivity index (χ2n) is 4.90. The normalized spacial score (nSPS) is 26.3. The zero-order valence-electron chi connectivity index (χ0n) is 9.39. The molecule has 2 nitrogen and oxygen atoms in total. The van der Waals surface area contributed by atoms with Crippen molar-refractivity contribution in [3.05, 3.63) is 0 Å². The number of ether oxygens (including phenoxy) is 1. The van der Waals surface area contributed by atoms with E-state index < -0.39 is 0 Å². The van der Waals surface area contributed by atoms with Gasteiger partial charge in [-0.3, -0.25) is 0 Å². The molecule has 13 heavy (non-hydrogen) atoms. The fourth-order valence-corrected chi connectivity index (χ4v) is 2.19. The first-order valence-corrected chi connectivity index (χ1v) is 5.31. The quantitative estimate of drug-likeness (QED) is 0.723. The van der Waals surface area contributed by atoms with Crippen molar-refractivity contribution in [2.24, 2.45) is 11.8 Å². The summed E-state index contributed by atoms with van der Waals surface area (Å²) in [5.41, 5.74) is 0.0437. The fourth-order valence-electron chi connectivity index (χ4n) is 2.19. The van der Waals surface area contributed by atoms with Crippen LogP contribution >= 0.6 is 0 Å². The smallest absolute Gasteiger partial charge is 0.0625 e. The molecule has 2 atom stereocenters. The highest BCUT2D eigenvalue weighted by molar-refractivity contribution is 4.80. The van der Waals surface area contributed by atoms with Gasteiger partial charge in [0.25, 0.3) is 0 Å². The van der Waals surface area contributed by atoms with Crippen LogP contribution in [0.5, 0.6) is 0 Å². The third kappa shape index (κ3) is 3.28. The van der Waals surface area contributed by atoms with Crippen molar-refractivity contribution in [2.75, 3.05) is 20.2 Å². The van der Waals surface area contributed by atoms with Gasteiger partial charge < -0.3 is 10.1 Å². The Bertz CT molecular complexity index is 150. The molecular formula is C11H23NO. The standard InChI is InChI=1S/C11H23NO/c1-9(7-11(2,3)13-4)10-5-6-12-8-10/h9-10,12H,5-8H2,1-4H3. The van der Waals surface area contributed by atoms with Crippen molar-refractivity contribution < 1.29 is 4.74 Å². The van der Waals surface area contributed by atoms with E-state index in [2.05, 4.69) is 26.1 Å². The predicted octanol–water partition coefficient (Wildman–Crippen LogP) is 2.05. The predicted molar refractivity (Wildman–Crippen MR) is 55.8 cm³/mol. The SMILES string of the molecule is COC(C)(C)CC(C)C1CCNC1. The van der Waals surface area contributed by atoms with Crippen LogP contribution in [0.15, 0.2) is 0 Å². The van der Waals surface area contributed by atoms with E-state index in [1.807, 2.05) is 0 Å². The van der Waals surface area contributed by atoms with E-state index in [-0.39, 0.29) is 5.60 Å². The average molecular weight is 185 g/mol. The molecule has 0 amide bonds. The van der Waals surface area contributed by atoms with E-state index >= 15 is 0 Å². The minimum atomic E-state index is 0.0437. The fraction of sp³-hybridized carbons (Fsp3) is 1.00. The van der Waals surface area contributed by atoms with Crippen molar-refractivity contribution >= 4 is 0 Å². The number of hydrogen-bond acceptors (Lipinski definition) is 2. The minimum absolute atomic E-state index is 0.0437. The molecule has 1 heterocycles. The molecular weight excluding hydrogens is 162 g/mol. The Kier molecular flexibility index (Phi) is 3.74. The summed E-state index contributed by atoms with van der Waals surface area (Å²) in [5.74, 6) is 1.62. The summed E-state index contributed by atoms with van der Waals surface area (Å²) in [4.78, 5) is 0. The Balaban J connectivity index is 2.35. The highest BCUT2D eigenvalue weighted by Gasteiger charge is 2.27. The molecule has 0 aliphatic carbocycles. The number of hydrogen-bond donors (Lipinski definition) is 1. The Morgan fingerprint density at radius 1 is 1.54 bits per heavy atom. The molecule has 1 N–H and O–H groups in total. The van der Waals surface area contributed by atoms with E-state index in [1.54, 1.807) is 7.11 Å². The lowest BCUT2D eigenvalue weighted by Crippen LogP contribution is -2.29. The van der Waals surface area contributed by atoms with Crippen molar-refractivity contribution in [1.82, 2.24) is 5.32 Å². The Morgan fingerprint density at radius 2 is 2.23 bits per heavy atom. The van der Waals surface area contributed by atoms with E-state index in [9.17, 15) is 0 Å². The number of methoxy groups -OCH3 is 1. The summed E-state index contributed by atoms with van der Waals surface area (Å²) in [5, 5.41) is 3.42. The molecule has 0 spiro atoms. The van der Waals surface area contributed by atoms with Gasteiger partial charge in [0, 0.05) is 7.11 Å². The lowest BCUT2D eigenvalue weighted by atomic mass is 9.84. The molecule has 0 radical (unpaired) electrons. The van der Waals surface area contributed by atoms with Crippen LogP contribution in [0.25, 0.3) is 0 Å². The zero-order chi connectivity index (χ0) is 9.90. The van der Waals surface area contributed by atoms with Gasteiger partial charge in [0.15, 0.2) is 0 Å². The van der Waals surface area contributed by atoms with Gasteiger partial charge in [-0.05, 0) is 51.6 Å². The second-order valence-corrected chi connectivity index (χ2v) is 4.90. The van der Waals surface area contributed by atoms with Crippen LogP contribution in [0, 0.1) is 11.8 Å². The molecule has 1 fully saturated rings. The Morgan fingerprint density at radius 3 is 2.69 bits per heavy atom. The van der Waals surface area contributed by atoms with Crippen LogP contribution in [0.2, 0.25) is 0 Å². The molecule has 78 valence electrons. The topological polar surface area (TPSA) is 21.3 Å². The van der Waals surface area contributed by atoms with Gasteiger partial charge in [0.2, 0.25) is 0 Å². The first kappa shape index (κ1) is 11.0. The molecule has 0 aromatic heterocycles. The molecule has 2 unspecified atom stereocenters. The maximum atomic E-state index is 5.45. The van der Waals surface area contributed by atoms with Crippen LogP contribution in [0.1, 0.15) is 33.6 Å². The van der Waals surface area contributed by atoms with Crippen LogP contribution in [0.4, 0.5) is 0 Å². The van der Waals surface area contributed by atoms with Gasteiger partial charge in [0.1, 0.15) is 0 Å². The van der Waals surface area contributed by atoms with Crippen LogP contribution in [-0.2, 0) is 4.74 Å². The molecule has 1 aliphatic heterocycles. The minimum Gasteiger partial charge on any atom is -0.379 e. The van der Waals surface area contributed by atoms with Crippen molar-refractivity contribution in [1.29, 1.82) is 0 Å². The summed E-state index contributed by atoms with van der Waals surface area (Å²) in [6.07, 6.45) is 2.50. The van der Waals surface area contributed by atoms with Gasteiger partial charge >= 0.3 is 0 Å². The maximum Gasteiger partial charge on any atom is 0.0625 e. The molecule has 1 saturated heterocycles. The zero-order valence-corrected chi connectivity index (χ0v) is 9.39. The molecule has 1 rings (SSSR count). The molecule has 0 saturated carbocycles. The average Bonchev–Trinajstić information content (AvgIpc) is 2.55. The van der Waals surface area contributed by atoms with Gasteiger partial charge in [-0.25, -0.2) is 0 Å². The molecule has 2 heteroatoms. The summed E-state index contributed by atoms with van der Waals surface area (Å²) < 4.78 is 5.45. The van der Waals surface area contributed by atoms with Crippen molar-refractivity contribution in [3.63, 3.8) is 0 Å². The first-order chi connectivity index (χ1) is 6.05. The van der Waals surface area contributed by atoms with E-state index in [0.29, 0.717) is 0 Å². The molecule has 0 bridgehead atoms. The van der Waals surface area contributed by atoms with E-state index in [0.717, 1.165) is 18.3 Å². The second kappa shape index (κ2) is 4.43. The third-order valence-electron chi connectivity index (χ3n) is 3.27. The maximum absolute atomic E-state index is 5.45. The van der Waals surface area contributed by atoms with E-state index in [4.69, 9.17) is 4.74 Å². The number of rotatable bonds is 4. The van der Waals surface area contributed by atoms with Gasteiger partial charge in [-0.2, -0.15) is 0 Å². The highest BCUT2D eigenvalue weighted by Crippen LogP contribution is 2.28. The Hall–Kier alpha value is -0.0800. The summed E-state index contributed by atoms with van der Waals surface area (Å²) >= 11 is 0. The van der Waals surface area contributed by atoms with Crippen LogP contribution in [-0.4, -0.2) is 25.8 Å².